The Balaban J connectivity index is 2.01. The number of rotatable bonds is 11. The van der Waals surface area contributed by atoms with Crippen LogP contribution in [0.15, 0.2) is 12.3 Å². The number of thiazole rings is 1. The Morgan fingerprint density at radius 3 is 2.62 bits per heavy atom. The van der Waals surface area contributed by atoms with Gasteiger partial charge in [0.05, 0.1) is 28.3 Å². The molecule has 0 aliphatic heterocycles. The second kappa shape index (κ2) is 10.5. The molecule has 7 nitrogen and oxygen atoms in total. The zero-order chi connectivity index (χ0) is 23.3. The molecule has 0 aliphatic carbocycles. The highest BCUT2D eigenvalue weighted by Gasteiger charge is 2.22. The molecule has 3 aromatic heterocycles. The summed E-state index contributed by atoms with van der Waals surface area (Å²) in [6.07, 6.45) is 3.84. The van der Waals surface area contributed by atoms with Crippen LogP contribution in [0, 0.1) is 13.8 Å². The van der Waals surface area contributed by atoms with Crippen LogP contribution in [0.25, 0.3) is 20.8 Å². The topological polar surface area (TPSA) is 84.9 Å². The SMILES string of the molecule is CCC(CCC(C)(C)F)Nc1nc(NCCOC)nc(C)c1-c1nc2c(C)nccc2s1. The lowest BCUT2D eigenvalue weighted by Crippen LogP contribution is -2.24. The number of hydrogen-bond acceptors (Lipinski definition) is 8. The molecule has 0 radical (unpaired) electrons. The van der Waals surface area contributed by atoms with Gasteiger partial charge in [-0.2, -0.15) is 4.98 Å². The summed E-state index contributed by atoms with van der Waals surface area (Å²) < 4.78 is 20.3. The van der Waals surface area contributed by atoms with E-state index in [2.05, 4.69) is 27.5 Å². The first kappa shape index (κ1) is 24.3. The minimum absolute atomic E-state index is 0.0858. The number of halogens is 1. The number of nitrogens with zero attached hydrogens (tertiary/aromatic N) is 4. The lowest BCUT2D eigenvalue weighted by Gasteiger charge is -2.23. The van der Waals surface area contributed by atoms with Crippen molar-refractivity contribution < 1.29 is 9.13 Å². The van der Waals surface area contributed by atoms with Crippen molar-refractivity contribution in [3.63, 3.8) is 0 Å². The van der Waals surface area contributed by atoms with Gasteiger partial charge in [-0.1, -0.05) is 6.92 Å². The highest BCUT2D eigenvalue weighted by Crippen LogP contribution is 2.37. The number of pyridine rings is 1. The summed E-state index contributed by atoms with van der Waals surface area (Å²) in [5, 5.41) is 7.62. The van der Waals surface area contributed by atoms with Crippen molar-refractivity contribution in [2.45, 2.75) is 65.6 Å². The van der Waals surface area contributed by atoms with E-state index in [0.29, 0.717) is 37.8 Å². The van der Waals surface area contributed by atoms with Gasteiger partial charge in [-0.3, -0.25) is 4.98 Å². The van der Waals surface area contributed by atoms with E-state index in [1.807, 2.05) is 19.9 Å². The molecule has 32 heavy (non-hydrogen) atoms. The maximum absolute atomic E-state index is 14.1. The summed E-state index contributed by atoms with van der Waals surface area (Å²) in [6, 6.07) is 2.06. The van der Waals surface area contributed by atoms with E-state index in [1.165, 1.54) is 0 Å². The van der Waals surface area contributed by atoms with E-state index in [-0.39, 0.29) is 6.04 Å². The Labute approximate surface area is 193 Å². The fourth-order valence-corrected chi connectivity index (χ4v) is 4.57. The van der Waals surface area contributed by atoms with Crippen molar-refractivity contribution in [1.82, 2.24) is 19.9 Å². The van der Waals surface area contributed by atoms with Gasteiger partial charge in [0.25, 0.3) is 0 Å². The molecule has 1 atom stereocenters. The zero-order valence-electron chi connectivity index (χ0n) is 19.8. The van der Waals surface area contributed by atoms with Crippen LogP contribution >= 0.6 is 11.3 Å². The lowest BCUT2D eigenvalue weighted by molar-refractivity contribution is 0.193. The Kier molecular flexibility index (Phi) is 7.95. The van der Waals surface area contributed by atoms with E-state index < -0.39 is 5.67 Å². The molecule has 3 heterocycles. The molecule has 1 unspecified atom stereocenters. The van der Waals surface area contributed by atoms with Crippen LogP contribution in [0.2, 0.25) is 0 Å². The smallest absolute Gasteiger partial charge is 0.224 e. The maximum Gasteiger partial charge on any atom is 0.224 e. The second-order valence-electron chi connectivity index (χ2n) is 8.54. The van der Waals surface area contributed by atoms with E-state index in [4.69, 9.17) is 14.7 Å². The standard InChI is InChI=1S/C23H33FN6OS/c1-7-16(8-10-23(4,5)24)28-20-18(14(2)27-22(30-20)26-12-13-31-6)21-29-19-15(3)25-11-9-17(19)32-21/h9,11,16H,7-8,10,12-13H2,1-6H3,(H2,26,27,28,30). The molecule has 0 saturated heterocycles. The summed E-state index contributed by atoms with van der Waals surface area (Å²) in [6.45, 7) is 10.4. The number of fused-ring (bicyclic) bond motifs is 1. The van der Waals surface area contributed by atoms with Crippen molar-refractivity contribution in [3.8, 4) is 10.6 Å². The Bertz CT molecular complexity index is 1050. The van der Waals surface area contributed by atoms with Crippen molar-refractivity contribution in [2.75, 3.05) is 30.9 Å². The van der Waals surface area contributed by atoms with Crippen LogP contribution in [0.4, 0.5) is 16.2 Å². The van der Waals surface area contributed by atoms with Gasteiger partial charge in [0.1, 0.15) is 22.0 Å². The molecular weight excluding hydrogens is 427 g/mol. The number of anilines is 2. The summed E-state index contributed by atoms with van der Waals surface area (Å²) in [5.74, 6) is 1.25. The average Bonchev–Trinajstić information content (AvgIpc) is 3.15. The molecule has 9 heteroatoms. The maximum atomic E-state index is 14.1. The van der Waals surface area contributed by atoms with Crippen molar-refractivity contribution >= 4 is 33.3 Å². The highest BCUT2D eigenvalue weighted by molar-refractivity contribution is 7.21. The van der Waals surface area contributed by atoms with Crippen LogP contribution in [0.3, 0.4) is 0 Å². The minimum atomic E-state index is -1.20. The normalized spacial score (nSPS) is 12.8. The van der Waals surface area contributed by atoms with E-state index in [9.17, 15) is 4.39 Å². The molecule has 3 aromatic rings. The molecule has 0 amide bonds. The van der Waals surface area contributed by atoms with Crippen molar-refractivity contribution in [3.05, 3.63) is 23.7 Å². The molecule has 0 aromatic carbocycles. The predicted molar refractivity (Wildman–Crippen MR) is 130 cm³/mol. The van der Waals surface area contributed by atoms with E-state index in [0.717, 1.165) is 38.6 Å². The van der Waals surface area contributed by atoms with E-state index >= 15 is 0 Å². The quantitative estimate of drug-likeness (QED) is 0.363. The number of ether oxygens (including phenoxy) is 1. The van der Waals surface area contributed by atoms with Gasteiger partial charge < -0.3 is 15.4 Å². The van der Waals surface area contributed by atoms with Gasteiger partial charge in [0, 0.05) is 25.9 Å². The zero-order valence-corrected chi connectivity index (χ0v) is 20.6. The molecular formula is C23H33FN6OS. The number of alkyl halides is 1. The third-order valence-electron chi connectivity index (χ3n) is 5.30. The first-order valence-corrected chi connectivity index (χ1v) is 11.8. The second-order valence-corrected chi connectivity index (χ2v) is 9.58. The van der Waals surface area contributed by atoms with Crippen LogP contribution in [-0.2, 0) is 4.74 Å². The van der Waals surface area contributed by atoms with Gasteiger partial charge in [0.2, 0.25) is 5.95 Å². The van der Waals surface area contributed by atoms with Gasteiger partial charge in [0.15, 0.2) is 0 Å². The molecule has 0 spiro atoms. The number of aromatic nitrogens is 4. The predicted octanol–water partition coefficient (Wildman–Crippen LogP) is 5.54. The fourth-order valence-electron chi connectivity index (χ4n) is 3.46. The van der Waals surface area contributed by atoms with Crippen LogP contribution in [-0.4, -0.2) is 51.9 Å². The number of hydrogen-bond donors (Lipinski definition) is 2. The molecule has 0 fully saturated rings. The molecule has 3 rings (SSSR count). The van der Waals surface area contributed by atoms with Crippen LogP contribution in [0.1, 0.15) is 51.4 Å². The molecule has 0 aliphatic rings. The van der Waals surface area contributed by atoms with Crippen molar-refractivity contribution in [1.29, 1.82) is 0 Å². The van der Waals surface area contributed by atoms with Crippen molar-refractivity contribution in [2.24, 2.45) is 0 Å². The Hall–Kier alpha value is -2.39. The van der Waals surface area contributed by atoms with Gasteiger partial charge in [-0.15, -0.1) is 11.3 Å². The Morgan fingerprint density at radius 2 is 1.97 bits per heavy atom. The summed E-state index contributed by atoms with van der Waals surface area (Å²) in [4.78, 5) is 18.7. The highest BCUT2D eigenvalue weighted by atomic mass is 32.1. The molecule has 2 N–H and O–H groups in total. The monoisotopic (exact) mass is 460 g/mol. The summed E-state index contributed by atoms with van der Waals surface area (Å²) in [7, 11) is 1.66. The van der Waals surface area contributed by atoms with Gasteiger partial charge in [-0.25, -0.2) is 14.4 Å². The first-order chi connectivity index (χ1) is 15.2. The molecule has 174 valence electrons. The average molecular weight is 461 g/mol. The number of nitrogens with one attached hydrogen (secondary N) is 2. The molecule has 0 saturated carbocycles. The molecule has 0 bridgehead atoms. The third kappa shape index (κ3) is 6.10. The summed E-state index contributed by atoms with van der Waals surface area (Å²) >= 11 is 1.60. The summed E-state index contributed by atoms with van der Waals surface area (Å²) in [5.41, 5.74) is 2.29. The first-order valence-electron chi connectivity index (χ1n) is 11.0. The Morgan fingerprint density at radius 1 is 1.19 bits per heavy atom. The van der Waals surface area contributed by atoms with E-state index in [1.54, 1.807) is 38.5 Å². The van der Waals surface area contributed by atoms with Gasteiger partial charge >= 0.3 is 0 Å². The van der Waals surface area contributed by atoms with Crippen LogP contribution in [0.5, 0.6) is 0 Å². The fraction of sp³-hybridized carbons (Fsp3) is 0.565. The lowest BCUT2D eigenvalue weighted by atomic mass is 9.99. The third-order valence-corrected chi connectivity index (χ3v) is 6.34. The number of aryl methyl sites for hydroxylation is 2. The minimum Gasteiger partial charge on any atom is -0.383 e. The van der Waals surface area contributed by atoms with Gasteiger partial charge in [-0.05, 0) is 53.0 Å². The van der Waals surface area contributed by atoms with Crippen LogP contribution < -0.4 is 10.6 Å². The largest absolute Gasteiger partial charge is 0.383 e. The number of methoxy groups -OCH3 is 1.